The Morgan fingerprint density at radius 2 is 1.97 bits per heavy atom. The average molecular weight is 505 g/mol. The summed E-state index contributed by atoms with van der Waals surface area (Å²) >= 11 is 1.23. The van der Waals surface area contributed by atoms with Crippen LogP contribution in [0.1, 0.15) is 20.3 Å². The van der Waals surface area contributed by atoms with Gasteiger partial charge in [-0.15, -0.1) is 11.3 Å². The first-order chi connectivity index (χ1) is 16.7. The zero-order valence-electron chi connectivity index (χ0n) is 18.7. The van der Waals surface area contributed by atoms with Gasteiger partial charge in [0.1, 0.15) is 0 Å². The minimum absolute atomic E-state index is 0.0489. The smallest absolute Gasteiger partial charge is 0.307 e. The molecule has 0 spiro atoms. The number of carbonyl (C=O) groups excluding carboxylic acids is 2. The molecule has 2 aromatic heterocycles. The van der Waals surface area contributed by atoms with Gasteiger partial charge in [-0.25, -0.2) is 24.4 Å². The van der Waals surface area contributed by atoms with Crippen LogP contribution < -0.4 is 19.8 Å². The summed E-state index contributed by atoms with van der Waals surface area (Å²) in [7, 11) is 0. The summed E-state index contributed by atoms with van der Waals surface area (Å²) < 4.78 is 39.6. The maximum atomic E-state index is 13.2. The van der Waals surface area contributed by atoms with Gasteiger partial charge in [-0.1, -0.05) is 25.1 Å². The lowest BCUT2D eigenvalue weighted by molar-refractivity contribution is -0.841. The lowest BCUT2D eigenvalue weighted by atomic mass is 10.2. The molecule has 182 valence electrons. The van der Waals surface area contributed by atoms with Gasteiger partial charge in [0.25, 0.3) is 0 Å². The molecule has 2 amide bonds. The van der Waals surface area contributed by atoms with Crippen LogP contribution in [0.2, 0.25) is 0 Å². The maximum Gasteiger partial charge on any atom is 0.495 e. The molecular weight excluding hydrogens is 483 g/mol. The molecule has 0 aliphatic rings. The highest BCUT2D eigenvalue weighted by Crippen LogP contribution is 2.24. The number of urea groups is 1. The number of amides is 2. The quantitative estimate of drug-likeness (QED) is 0.364. The first kappa shape index (κ1) is 24.2. The number of benzene rings is 2. The van der Waals surface area contributed by atoms with Crippen molar-refractivity contribution >= 4 is 45.7 Å². The van der Waals surface area contributed by atoms with Crippen molar-refractivity contribution in [3.05, 3.63) is 59.4 Å². The average Bonchev–Trinajstić information content (AvgIpc) is 3.47. The molecule has 2 heterocycles. The summed E-state index contributed by atoms with van der Waals surface area (Å²) in [5.74, 6) is -2.34. The van der Waals surface area contributed by atoms with E-state index in [0.717, 1.165) is 4.73 Å². The molecule has 0 radical (unpaired) electrons. The minimum Gasteiger partial charge on any atom is -0.307 e. The predicted molar refractivity (Wildman–Crippen MR) is 125 cm³/mol. The molecule has 0 bridgehead atoms. The highest BCUT2D eigenvalue weighted by molar-refractivity contribution is 7.07. The second-order valence-electron chi connectivity index (χ2n) is 7.64. The summed E-state index contributed by atoms with van der Waals surface area (Å²) in [6, 6.07) is 13.1. The fourth-order valence-electron chi connectivity index (χ4n) is 3.44. The number of nitrogens with zero attached hydrogens (tertiary/aromatic N) is 3. The number of aromatic nitrogens is 3. The van der Waals surface area contributed by atoms with Gasteiger partial charge in [-0.2, -0.15) is 13.2 Å². The molecule has 4 rings (SSSR count). The standard InChI is InChI=1S/C23H20F3N5O3S/c1-3-14(2)30(16-7-5-4-6-8-16)22(33)28-15-9-10-17-19(11-15)31(34-21(32)23(24,25)26)20(29-17)18-12-35-13-27-18/h4-14H,3H2,1-2H3,(H,28,33)/p+1. The van der Waals surface area contributed by atoms with E-state index < -0.39 is 18.2 Å². The van der Waals surface area contributed by atoms with Gasteiger partial charge in [0.05, 0.1) is 5.51 Å². The van der Waals surface area contributed by atoms with Crippen molar-refractivity contribution in [2.75, 3.05) is 10.2 Å². The second kappa shape index (κ2) is 9.74. The molecule has 12 heteroatoms. The van der Waals surface area contributed by atoms with Crippen LogP contribution in [0, 0.1) is 0 Å². The minimum atomic E-state index is -5.20. The number of halogens is 3. The second-order valence-corrected chi connectivity index (χ2v) is 8.36. The van der Waals surface area contributed by atoms with Crippen LogP contribution in [0.25, 0.3) is 22.6 Å². The predicted octanol–water partition coefficient (Wildman–Crippen LogP) is 4.93. The van der Waals surface area contributed by atoms with Gasteiger partial charge in [-0.05, 0) is 42.3 Å². The molecule has 0 fully saturated rings. The highest BCUT2D eigenvalue weighted by Gasteiger charge is 2.44. The number of carbonyl (C=O) groups is 2. The van der Waals surface area contributed by atoms with Crippen LogP contribution in [-0.2, 0) is 4.79 Å². The Hall–Kier alpha value is -3.93. The Balaban J connectivity index is 1.72. The molecule has 1 atom stereocenters. The number of hydrogen-bond acceptors (Lipinski definition) is 5. The van der Waals surface area contributed by atoms with E-state index in [4.69, 9.17) is 0 Å². The number of imidazole rings is 1. The Morgan fingerprint density at radius 1 is 1.23 bits per heavy atom. The number of hydrogen-bond donors (Lipinski definition) is 2. The Labute approximate surface area is 201 Å². The van der Waals surface area contributed by atoms with E-state index in [2.05, 4.69) is 20.1 Å². The third-order valence-electron chi connectivity index (χ3n) is 5.29. The van der Waals surface area contributed by atoms with Crippen molar-refractivity contribution in [2.24, 2.45) is 0 Å². The van der Waals surface area contributed by atoms with Crippen LogP contribution in [0.3, 0.4) is 0 Å². The SMILES string of the molecule is CCC(C)N(C(=O)Nc1ccc2[nH]c(-c3cscn3)[n+](OC(=O)C(F)(F)F)c2c1)c1ccccc1. The number of anilines is 2. The van der Waals surface area contributed by atoms with E-state index in [1.54, 1.807) is 22.4 Å². The molecule has 0 aliphatic heterocycles. The third-order valence-corrected chi connectivity index (χ3v) is 5.88. The van der Waals surface area contributed by atoms with Crippen molar-refractivity contribution in [1.29, 1.82) is 0 Å². The first-order valence-corrected chi connectivity index (χ1v) is 11.5. The van der Waals surface area contributed by atoms with Crippen molar-refractivity contribution < 1.29 is 32.3 Å². The molecule has 2 aromatic carbocycles. The van der Waals surface area contributed by atoms with E-state index >= 15 is 0 Å². The first-order valence-electron chi connectivity index (χ1n) is 10.6. The molecule has 0 saturated carbocycles. The van der Waals surface area contributed by atoms with Crippen LogP contribution in [-0.4, -0.2) is 34.2 Å². The van der Waals surface area contributed by atoms with Crippen molar-refractivity contribution in [1.82, 2.24) is 9.97 Å². The van der Waals surface area contributed by atoms with E-state index in [1.165, 1.54) is 22.9 Å². The number of H-pyrrole nitrogens is 1. The number of alkyl halides is 3. The number of thiazole rings is 1. The Morgan fingerprint density at radius 3 is 2.60 bits per heavy atom. The van der Waals surface area contributed by atoms with Crippen molar-refractivity contribution in [2.45, 2.75) is 32.5 Å². The fourth-order valence-corrected chi connectivity index (χ4v) is 3.97. The molecule has 2 N–H and O–H groups in total. The van der Waals surface area contributed by atoms with Gasteiger partial charge >= 0.3 is 24.0 Å². The summed E-state index contributed by atoms with van der Waals surface area (Å²) in [5.41, 5.74) is 3.27. The Bertz CT molecular complexity index is 1340. The monoisotopic (exact) mass is 504 g/mol. The third kappa shape index (κ3) is 5.11. The van der Waals surface area contributed by atoms with Gasteiger partial charge < -0.3 is 5.32 Å². The molecular formula is C23H21F3N5O3S+. The van der Waals surface area contributed by atoms with Gasteiger partial charge in [0, 0.05) is 28.9 Å². The number of para-hydroxylation sites is 1. The van der Waals surface area contributed by atoms with Gasteiger partial charge in [0.2, 0.25) is 5.52 Å². The Kier molecular flexibility index (Phi) is 6.74. The summed E-state index contributed by atoms with van der Waals surface area (Å²) in [4.78, 5) is 38.1. The van der Waals surface area contributed by atoms with Gasteiger partial charge in [0.15, 0.2) is 11.2 Å². The van der Waals surface area contributed by atoms with Crippen LogP contribution in [0.5, 0.6) is 0 Å². The van der Waals surface area contributed by atoms with Crippen LogP contribution in [0.4, 0.5) is 29.3 Å². The zero-order valence-corrected chi connectivity index (χ0v) is 19.5. The molecule has 35 heavy (non-hydrogen) atoms. The van der Waals surface area contributed by atoms with E-state index in [-0.39, 0.29) is 17.4 Å². The largest absolute Gasteiger partial charge is 0.495 e. The molecule has 4 aromatic rings. The molecule has 8 nitrogen and oxygen atoms in total. The summed E-state index contributed by atoms with van der Waals surface area (Å²) in [6.45, 7) is 3.87. The number of rotatable bonds is 6. The fraction of sp³-hybridized carbons (Fsp3) is 0.217. The lowest BCUT2D eigenvalue weighted by Gasteiger charge is -2.28. The lowest BCUT2D eigenvalue weighted by Crippen LogP contribution is -2.51. The van der Waals surface area contributed by atoms with Crippen LogP contribution in [0.15, 0.2) is 59.4 Å². The molecule has 1 unspecified atom stereocenters. The highest BCUT2D eigenvalue weighted by atomic mass is 32.1. The van der Waals surface area contributed by atoms with E-state index in [0.29, 0.717) is 29.0 Å². The number of aromatic amines is 1. The van der Waals surface area contributed by atoms with Gasteiger partial charge in [-0.3, -0.25) is 4.90 Å². The van der Waals surface area contributed by atoms with Crippen LogP contribution >= 0.6 is 11.3 Å². The van der Waals surface area contributed by atoms with Crippen molar-refractivity contribution in [3.8, 4) is 11.5 Å². The molecule has 0 saturated heterocycles. The zero-order chi connectivity index (χ0) is 25.2. The normalized spacial score (nSPS) is 12.4. The maximum absolute atomic E-state index is 13.2. The summed E-state index contributed by atoms with van der Waals surface area (Å²) in [6.07, 6.45) is -4.50. The number of nitrogens with one attached hydrogen (secondary N) is 2. The molecule has 0 aliphatic carbocycles. The van der Waals surface area contributed by atoms with E-state index in [1.807, 2.05) is 44.2 Å². The number of fused-ring (bicyclic) bond motifs is 1. The topological polar surface area (TPSA) is 91.2 Å². The van der Waals surface area contributed by atoms with E-state index in [9.17, 15) is 22.8 Å². The summed E-state index contributed by atoms with van der Waals surface area (Å²) in [5, 5.41) is 4.38. The van der Waals surface area contributed by atoms with Crippen molar-refractivity contribution in [3.63, 3.8) is 0 Å².